The lowest BCUT2D eigenvalue weighted by atomic mass is 9.99. The quantitative estimate of drug-likeness (QED) is 0.783. The minimum atomic E-state index is -0.137. The lowest BCUT2D eigenvalue weighted by Gasteiger charge is -2.39. The van der Waals surface area contributed by atoms with Gasteiger partial charge in [-0.2, -0.15) is 0 Å². The fourth-order valence-electron chi connectivity index (χ4n) is 3.44. The molecule has 0 amide bonds. The van der Waals surface area contributed by atoms with Gasteiger partial charge in [0.05, 0.1) is 13.2 Å². The monoisotopic (exact) mass is 248 g/mol. The van der Waals surface area contributed by atoms with Crippen molar-refractivity contribution in [3.63, 3.8) is 0 Å². The number of hydrogen-bond donors (Lipinski definition) is 2. The largest absolute Gasteiger partial charge is 0.497 e. The molecule has 0 spiro atoms. The summed E-state index contributed by atoms with van der Waals surface area (Å²) in [7, 11) is 1.66. The van der Waals surface area contributed by atoms with Crippen LogP contribution in [0.3, 0.4) is 0 Å². The minimum Gasteiger partial charge on any atom is -0.497 e. The average Bonchev–Trinajstić information content (AvgIpc) is 2.61. The second kappa shape index (κ2) is 4.35. The van der Waals surface area contributed by atoms with E-state index in [2.05, 4.69) is 4.90 Å². The van der Waals surface area contributed by atoms with Gasteiger partial charge in [0.15, 0.2) is 0 Å². The molecule has 18 heavy (non-hydrogen) atoms. The molecule has 0 aromatic heterocycles. The van der Waals surface area contributed by atoms with Gasteiger partial charge >= 0.3 is 0 Å². The van der Waals surface area contributed by atoms with E-state index in [1.165, 1.54) is 12.8 Å². The van der Waals surface area contributed by atoms with Gasteiger partial charge in [-0.25, -0.2) is 0 Å². The summed E-state index contributed by atoms with van der Waals surface area (Å²) in [6.45, 7) is 0. The Kier molecular flexibility index (Phi) is 2.82. The van der Waals surface area contributed by atoms with Gasteiger partial charge in [-0.15, -0.1) is 0 Å². The SMILES string of the molecule is COc1cc(N)cc(N2C3CCC2CC(O)C3)c1. The highest BCUT2D eigenvalue weighted by Gasteiger charge is 2.40. The molecule has 4 heteroatoms. The maximum Gasteiger partial charge on any atom is 0.122 e. The van der Waals surface area contributed by atoms with E-state index in [0.717, 1.165) is 30.0 Å². The third kappa shape index (κ3) is 1.90. The highest BCUT2D eigenvalue weighted by molar-refractivity contribution is 5.62. The van der Waals surface area contributed by atoms with E-state index in [9.17, 15) is 5.11 Å². The van der Waals surface area contributed by atoms with E-state index in [4.69, 9.17) is 10.5 Å². The van der Waals surface area contributed by atoms with Gasteiger partial charge in [0, 0.05) is 35.6 Å². The summed E-state index contributed by atoms with van der Waals surface area (Å²) in [6, 6.07) is 6.78. The van der Waals surface area contributed by atoms with Crippen molar-refractivity contribution >= 4 is 11.4 Å². The third-order valence-corrected chi connectivity index (χ3v) is 4.16. The van der Waals surface area contributed by atoms with Gasteiger partial charge in [-0.3, -0.25) is 0 Å². The van der Waals surface area contributed by atoms with E-state index < -0.39 is 0 Å². The summed E-state index contributed by atoms with van der Waals surface area (Å²) in [4.78, 5) is 2.42. The molecule has 4 nitrogen and oxygen atoms in total. The normalized spacial score (nSPS) is 30.6. The molecular formula is C14H20N2O2. The van der Waals surface area contributed by atoms with Crippen LogP contribution in [0.15, 0.2) is 18.2 Å². The molecule has 2 fully saturated rings. The molecule has 3 N–H and O–H groups in total. The first-order chi connectivity index (χ1) is 8.67. The average molecular weight is 248 g/mol. The predicted octanol–water partition coefficient (Wildman–Crippen LogP) is 1.77. The molecule has 2 unspecified atom stereocenters. The van der Waals surface area contributed by atoms with Gasteiger partial charge < -0.3 is 20.5 Å². The van der Waals surface area contributed by atoms with Crippen LogP contribution in [0.5, 0.6) is 5.75 Å². The van der Waals surface area contributed by atoms with Crippen molar-refractivity contribution in [2.75, 3.05) is 17.7 Å². The molecule has 2 aliphatic rings. The first-order valence-electron chi connectivity index (χ1n) is 6.58. The highest BCUT2D eigenvalue weighted by atomic mass is 16.5. The van der Waals surface area contributed by atoms with Crippen LogP contribution in [0.4, 0.5) is 11.4 Å². The third-order valence-electron chi connectivity index (χ3n) is 4.16. The fourth-order valence-corrected chi connectivity index (χ4v) is 3.44. The number of rotatable bonds is 2. The van der Waals surface area contributed by atoms with Crippen molar-refractivity contribution in [3.8, 4) is 5.75 Å². The van der Waals surface area contributed by atoms with Crippen LogP contribution in [-0.4, -0.2) is 30.4 Å². The number of nitrogen functional groups attached to an aromatic ring is 1. The lowest BCUT2D eigenvalue weighted by Crippen LogP contribution is -2.44. The number of anilines is 2. The zero-order valence-corrected chi connectivity index (χ0v) is 10.7. The Morgan fingerprint density at radius 1 is 1.22 bits per heavy atom. The Labute approximate surface area is 107 Å². The number of piperidine rings is 1. The van der Waals surface area contributed by atoms with Crippen molar-refractivity contribution in [1.29, 1.82) is 0 Å². The summed E-state index contributed by atoms with van der Waals surface area (Å²) in [6.07, 6.45) is 3.93. The zero-order chi connectivity index (χ0) is 12.7. The molecular weight excluding hydrogens is 228 g/mol. The molecule has 1 aromatic carbocycles. The van der Waals surface area contributed by atoms with Gasteiger partial charge in [-0.05, 0) is 31.7 Å². The molecule has 2 heterocycles. The van der Waals surface area contributed by atoms with Crippen molar-refractivity contribution in [2.45, 2.75) is 43.9 Å². The maximum atomic E-state index is 9.83. The van der Waals surface area contributed by atoms with E-state index in [1.54, 1.807) is 7.11 Å². The minimum absolute atomic E-state index is 0.137. The first-order valence-corrected chi connectivity index (χ1v) is 6.58. The molecule has 1 aromatic rings. The number of methoxy groups -OCH3 is 1. The fraction of sp³-hybridized carbons (Fsp3) is 0.571. The maximum absolute atomic E-state index is 9.83. The van der Waals surface area contributed by atoms with Crippen LogP contribution in [-0.2, 0) is 0 Å². The van der Waals surface area contributed by atoms with E-state index in [1.807, 2.05) is 18.2 Å². The molecule has 3 rings (SSSR count). The molecule has 2 aliphatic heterocycles. The number of aliphatic hydroxyl groups excluding tert-OH is 1. The van der Waals surface area contributed by atoms with E-state index in [-0.39, 0.29) is 6.10 Å². The number of fused-ring (bicyclic) bond motifs is 2. The predicted molar refractivity (Wildman–Crippen MR) is 71.9 cm³/mol. The van der Waals surface area contributed by atoms with Gasteiger partial charge in [0.25, 0.3) is 0 Å². The number of hydrogen-bond acceptors (Lipinski definition) is 4. The van der Waals surface area contributed by atoms with Crippen molar-refractivity contribution in [2.24, 2.45) is 0 Å². The van der Waals surface area contributed by atoms with Crippen LogP contribution < -0.4 is 15.4 Å². The number of ether oxygens (including phenoxy) is 1. The van der Waals surface area contributed by atoms with Crippen LogP contribution in [0.1, 0.15) is 25.7 Å². The number of benzene rings is 1. The van der Waals surface area contributed by atoms with Crippen LogP contribution >= 0.6 is 0 Å². The molecule has 2 saturated heterocycles. The summed E-state index contributed by atoms with van der Waals surface area (Å²) >= 11 is 0. The second-order valence-electron chi connectivity index (χ2n) is 5.38. The Morgan fingerprint density at radius 2 is 1.89 bits per heavy atom. The lowest BCUT2D eigenvalue weighted by molar-refractivity contribution is 0.126. The Hall–Kier alpha value is -1.42. The van der Waals surface area contributed by atoms with Crippen molar-refractivity contribution in [1.82, 2.24) is 0 Å². The number of aliphatic hydroxyl groups is 1. The second-order valence-corrected chi connectivity index (χ2v) is 5.38. The van der Waals surface area contributed by atoms with Crippen molar-refractivity contribution < 1.29 is 9.84 Å². The summed E-state index contributed by atoms with van der Waals surface area (Å²) < 4.78 is 5.28. The number of nitrogens with zero attached hydrogens (tertiary/aromatic N) is 1. The summed E-state index contributed by atoms with van der Waals surface area (Å²) in [5.74, 6) is 0.801. The van der Waals surface area contributed by atoms with Gasteiger partial charge in [-0.1, -0.05) is 0 Å². The Balaban J connectivity index is 1.93. The molecule has 98 valence electrons. The smallest absolute Gasteiger partial charge is 0.122 e. The summed E-state index contributed by atoms with van der Waals surface area (Å²) in [5, 5.41) is 9.83. The standard InChI is InChI=1S/C14H20N2O2/c1-18-14-5-9(15)4-12(8-14)16-10-2-3-11(16)7-13(17)6-10/h4-5,8,10-11,13,17H,2-3,6-7,15H2,1H3. The summed E-state index contributed by atoms with van der Waals surface area (Å²) in [5.41, 5.74) is 7.79. The van der Waals surface area contributed by atoms with E-state index in [0.29, 0.717) is 12.1 Å². The topological polar surface area (TPSA) is 58.7 Å². The molecule has 0 aliphatic carbocycles. The molecule has 0 saturated carbocycles. The van der Waals surface area contributed by atoms with Crippen molar-refractivity contribution in [3.05, 3.63) is 18.2 Å². The Bertz CT molecular complexity index is 435. The Morgan fingerprint density at radius 3 is 2.50 bits per heavy atom. The first kappa shape index (κ1) is 11.7. The van der Waals surface area contributed by atoms with Gasteiger partial charge in [0.1, 0.15) is 5.75 Å². The van der Waals surface area contributed by atoms with Crippen LogP contribution in [0.2, 0.25) is 0 Å². The molecule has 2 atom stereocenters. The van der Waals surface area contributed by atoms with Gasteiger partial charge in [0.2, 0.25) is 0 Å². The van der Waals surface area contributed by atoms with Crippen LogP contribution in [0.25, 0.3) is 0 Å². The van der Waals surface area contributed by atoms with E-state index >= 15 is 0 Å². The highest BCUT2D eigenvalue weighted by Crippen LogP contribution is 2.40. The van der Waals surface area contributed by atoms with Crippen LogP contribution in [0, 0.1) is 0 Å². The molecule has 0 radical (unpaired) electrons. The zero-order valence-electron chi connectivity index (χ0n) is 10.7. The molecule has 2 bridgehead atoms. The number of nitrogens with two attached hydrogens (primary N) is 1.